The summed E-state index contributed by atoms with van der Waals surface area (Å²) in [6.45, 7) is 0. The number of benzene rings is 2. The van der Waals surface area contributed by atoms with Gasteiger partial charge in [-0.1, -0.05) is 36.4 Å². The highest BCUT2D eigenvalue weighted by Crippen LogP contribution is 2.30. The van der Waals surface area contributed by atoms with Gasteiger partial charge < -0.3 is 10.5 Å². The summed E-state index contributed by atoms with van der Waals surface area (Å²) in [5.74, 6) is 0.884. The summed E-state index contributed by atoms with van der Waals surface area (Å²) in [7, 11) is 1.55. The van der Waals surface area contributed by atoms with Crippen molar-refractivity contribution in [3.8, 4) is 28.4 Å². The molecule has 2 aromatic carbocycles. The predicted octanol–water partition coefficient (Wildman–Crippen LogP) is 4.90. The van der Waals surface area contributed by atoms with Crippen LogP contribution in [-0.4, -0.2) is 32.6 Å². The van der Waals surface area contributed by atoms with Crippen LogP contribution in [0.3, 0.4) is 0 Å². The molecule has 0 saturated heterocycles. The Balaban J connectivity index is 1.68. The van der Waals surface area contributed by atoms with Crippen molar-refractivity contribution in [1.29, 1.82) is 0 Å². The lowest BCUT2D eigenvalue weighted by atomic mass is 10.1. The average Bonchev–Trinajstić information content (AvgIpc) is 3.22. The van der Waals surface area contributed by atoms with Crippen LogP contribution in [0.25, 0.3) is 33.8 Å². The summed E-state index contributed by atoms with van der Waals surface area (Å²) in [5.41, 5.74) is 12.8. The predicted molar refractivity (Wildman–Crippen MR) is 135 cm³/mol. The van der Waals surface area contributed by atoms with E-state index in [0.717, 1.165) is 11.3 Å². The van der Waals surface area contributed by atoms with Crippen molar-refractivity contribution in [1.82, 2.24) is 19.6 Å². The zero-order valence-electron chi connectivity index (χ0n) is 18.1. The molecule has 9 heteroatoms. The number of anilines is 1. The van der Waals surface area contributed by atoms with Crippen molar-refractivity contribution >= 4 is 38.8 Å². The van der Waals surface area contributed by atoms with E-state index in [9.17, 15) is 4.79 Å². The van der Waals surface area contributed by atoms with Gasteiger partial charge in [-0.25, -0.2) is 19.6 Å². The molecule has 0 fully saturated rings. The highest BCUT2D eigenvalue weighted by molar-refractivity contribution is 9.10. The fourth-order valence-electron chi connectivity index (χ4n) is 3.63. The monoisotopic (exact) mass is 514 g/mol. The summed E-state index contributed by atoms with van der Waals surface area (Å²) < 4.78 is 7.42. The van der Waals surface area contributed by atoms with Crippen LogP contribution >= 0.6 is 15.9 Å². The largest absolute Gasteiger partial charge is 0.496 e. The van der Waals surface area contributed by atoms with Gasteiger partial charge in [-0.2, -0.15) is 0 Å². The van der Waals surface area contributed by atoms with Crippen molar-refractivity contribution < 1.29 is 9.53 Å². The van der Waals surface area contributed by atoms with Gasteiger partial charge in [0.25, 0.3) is 5.91 Å². The lowest BCUT2D eigenvalue weighted by molar-refractivity contribution is 0.101. The van der Waals surface area contributed by atoms with Crippen molar-refractivity contribution in [2.24, 2.45) is 0 Å². The molecule has 34 heavy (non-hydrogen) atoms. The minimum Gasteiger partial charge on any atom is -0.496 e. The second-order valence-corrected chi connectivity index (χ2v) is 8.17. The number of nitrogen functional groups attached to an aromatic ring is 1. The first-order chi connectivity index (χ1) is 16.6. The minimum absolute atomic E-state index is 0.291. The zero-order chi connectivity index (χ0) is 23.7. The maximum Gasteiger partial charge on any atom is 0.271 e. The van der Waals surface area contributed by atoms with Gasteiger partial charge in [-0.05, 0) is 52.3 Å². The molecule has 0 spiro atoms. The number of hydrogen-bond acceptors (Lipinski definition) is 6. The maximum atomic E-state index is 13.3. The smallest absolute Gasteiger partial charge is 0.271 e. The van der Waals surface area contributed by atoms with E-state index in [4.69, 9.17) is 20.4 Å². The number of nitrogens with zero attached hydrogens (tertiary/aromatic N) is 4. The molecule has 0 aliphatic heterocycles. The second-order valence-electron chi connectivity index (χ2n) is 7.38. The molecule has 1 amide bonds. The standard InChI is InChI=1S/C25H19BrN6O2/c1-34-20-11-5-9-16(21(20)26)25(33)31-32-23(17-10-6-14-28-22(17)27)30-19-13-12-18(29-24(19)32)15-7-3-2-4-8-15/h2-14H,1H3,(H2,27,28)(H,31,33). The molecular weight excluding hydrogens is 496 g/mol. The van der Waals surface area contributed by atoms with Crippen LogP contribution in [-0.2, 0) is 0 Å². The lowest BCUT2D eigenvalue weighted by Gasteiger charge is -2.13. The van der Waals surface area contributed by atoms with Gasteiger partial charge in [0.05, 0.1) is 28.4 Å². The lowest BCUT2D eigenvalue weighted by Crippen LogP contribution is -2.24. The number of ether oxygens (including phenoxy) is 1. The third-order valence-corrected chi connectivity index (χ3v) is 6.11. The number of nitrogens with one attached hydrogen (secondary N) is 1. The van der Waals surface area contributed by atoms with Gasteiger partial charge >= 0.3 is 0 Å². The maximum absolute atomic E-state index is 13.3. The van der Waals surface area contributed by atoms with Gasteiger partial charge in [0.2, 0.25) is 0 Å². The first-order valence-corrected chi connectivity index (χ1v) is 11.2. The molecule has 5 rings (SSSR count). The highest BCUT2D eigenvalue weighted by atomic mass is 79.9. The fourth-order valence-corrected chi connectivity index (χ4v) is 4.23. The number of fused-ring (bicyclic) bond motifs is 1. The molecule has 8 nitrogen and oxygen atoms in total. The third-order valence-electron chi connectivity index (χ3n) is 5.29. The summed E-state index contributed by atoms with van der Waals surface area (Å²) in [4.78, 5) is 27.0. The van der Waals surface area contributed by atoms with E-state index in [1.54, 1.807) is 48.3 Å². The minimum atomic E-state index is -0.374. The third kappa shape index (κ3) is 3.86. The molecule has 3 aromatic heterocycles. The molecule has 0 radical (unpaired) electrons. The number of rotatable bonds is 5. The van der Waals surface area contributed by atoms with Crippen LogP contribution in [0.5, 0.6) is 5.75 Å². The van der Waals surface area contributed by atoms with Gasteiger partial charge in [0, 0.05) is 11.8 Å². The Hall–Kier alpha value is -4.24. The summed E-state index contributed by atoms with van der Waals surface area (Å²) in [6, 6.07) is 22.3. The van der Waals surface area contributed by atoms with E-state index in [2.05, 4.69) is 26.3 Å². The molecule has 3 heterocycles. The van der Waals surface area contributed by atoms with E-state index >= 15 is 0 Å². The molecule has 5 aromatic rings. The Bertz CT molecular complexity index is 1520. The second kappa shape index (κ2) is 8.95. The summed E-state index contributed by atoms with van der Waals surface area (Å²) >= 11 is 3.46. The molecular formula is C25H19BrN6O2. The van der Waals surface area contributed by atoms with Crippen LogP contribution in [0, 0.1) is 0 Å². The molecule has 0 aliphatic rings. The Labute approximate surface area is 203 Å². The Morgan fingerprint density at radius 1 is 1.00 bits per heavy atom. The first-order valence-electron chi connectivity index (χ1n) is 10.4. The SMILES string of the molecule is COc1cccc(C(=O)Nn2c(-c3cccnc3N)nc3ccc(-c4ccccc4)nc32)c1Br. The Morgan fingerprint density at radius 3 is 2.59 bits per heavy atom. The van der Waals surface area contributed by atoms with Crippen molar-refractivity contribution in [3.63, 3.8) is 0 Å². The Morgan fingerprint density at radius 2 is 1.82 bits per heavy atom. The molecule has 3 N–H and O–H groups in total. The summed E-state index contributed by atoms with van der Waals surface area (Å²) in [6.07, 6.45) is 1.60. The molecule has 0 bridgehead atoms. The normalized spacial score (nSPS) is 10.9. The van der Waals surface area contributed by atoms with Gasteiger partial charge in [0.1, 0.15) is 17.1 Å². The molecule has 0 aliphatic carbocycles. The number of hydrogen-bond donors (Lipinski definition) is 2. The molecule has 0 saturated carbocycles. The van der Waals surface area contributed by atoms with Gasteiger partial charge in [0.15, 0.2) is 11.5 Å². The van der Waals surface area contributed by atoms with E-state index in [0.29, 0.717) is 44.2 Å². The van der Waals surface area contributed by atoms with Crippen molar-refractivity contribution in [2.45, 2.75) is 0 Å². The number of pyridine rings is 2. The highest BCUT2D eigenvalue weighted by Gasteiger charge is 2.21. The molecule has 0 atom stereocenters. The van der Waals surface area contributed by atoms with Crippen LogP contribution in [0.2, 0.25) is 0 Å². The van der Waals surface area contributed by atoms with Crippen molar-refractivity contribution in [2.75, 3.05) is 18.3 Å². The number of carbonyl (C=O) groups is 1. The molecule has 0 unspecified atom stereocenters. The molecule has 168 valence electrons. The average molecular weight is 515 g/mol. The summed E-state index contributed by atoms with van der Waals surface area (Å²) in [5, 5.41) is 0. The number of amides is 1. The number of imidazole rings is 1. The van der Waals surface area contributed by atoms with Crippen LogP contribution in [0.15, 0.2) is 83.5 Å². The first kappa shape index (κ1) is 21.6. The quantitative estimate of drug-likeness (QED) is 0.345. The number of methoxy groups -OCH3 is 1. The number of nitrogens with two attached hydrogens (primary N) is 1. The van der Waals surface area contributed by atoms with Crippen LogP contribution in [0.4, 0.5) is 5.82 Å². The van der Waals surface area contributed by atoms with E-state index < -0.39 is 0 Å². The number of carbonyl (C=O) groups excluding carboxylic acids is 1. The topological polar surface area (TPSA) is 108 Å². The van der Waals surface area contributed by atoms with Crippen LogP contribution < -0.4 is 15.9 Å². The van der Waals surface area contributed by atoms with E-state index in [1.807, 2.05) is 42.5 Å². The van der Waals surface area contributed by atoms with E-state index in [-0.39, 0.29) is 5.91 Å². The number of halogens is 1. The van der Waals surface area contributed by atoms with E-state index in [1.165, 1.54) is 0 Å². The van der Waals surface area contributed by atoms with Gasteiger partial charge in [-0.3, -0.25) is 10.2 Å². The zero-order valence-corrected chi connectivity index (χ0v) is 19.7. The Kier molecular flexibility index (Phi) is 5.69. The van der Waals surface area contributed by atoms with Gasteiger partial charge in [-0.15, -0.1) is 0 Å². The van der Waals surface area contributed by atoms with Crippen LogP contribution in [0.1, 0.15) is 10.4 Å². The van der Waals surface area contributed by atoms with Crippen molar-refractivity contribution in [3.05, 3.63) is 89.0 Å². The number of aromatic nitrogens is 4. The fraction of sp³-hybridized carbons (Fsp3) is 0.0400.